The van der Waals surface area contributed by atoms with Crippen molar-refractivity contribution >= 4 is 17.4 Å². The molecule has 0 unspecified atom stereocenters. The van der Waals surface area contributed by atoms with E-state index in [4.69, 9.17) is 0 Å². The summed E-state index contributed by atoms with van der Waals surface area (Å²) in [6, 6.07) is 0.930. The fraction of sp³-hybridized carbons (Fsp3) is 0.250. The summed E-state index contributed by atoms with van der Waals surface area (Å²) in [6.07, 6.45) is 0.255. The summed E-state index contributed by atoms with van der Waals surface area (Å²) in [5, 5.41) is 0.275. The van der Waals surface area contributed by atoms with Crippen molar-refractivity contribution < 1.29 is 13.2 Å². The fourth-order valence-electron chi connectivity index (χ4n) is 1.18. The summed E-state index contributed by atoms with van der Waals surface area (Å²) >= 11 is 1.15. The maximum Gasteiger partial charge on any atom is 0.433 e. The molecule has 7 heteroatoms. The number of hydrogen-bond acceptors (Lipinski definition) is 3. The number of hydrogen-bond donors (Lipinski definition) is 0. The third-order valence-electron chi connectivity index (χ3n) is 1.83. The van der Waals surface area contributed by atoms with Crippen molar-refractivity contribution in [1.29, 1.82) is 0 Å². The average molecular weight is 233 g/mol. The van der Waals surface area contributed by atoms with Gasteiger partial charge in [-0.05, 0) is 6.26 Å². The standard InChI is InChI=1S/C8H6F3N3S/c1-15-7-13-5(8(9,10)11)4-6-12-2-3-14(6)7/h2-4H,1H3. The van der Waals surface area contributed by atoms with Crippen LogP contribution in [-0.4, -0.2) is 20.6 Å². The highest BCUT2D eigenvalue weighted by Gasteiger charge is 2.33. The van der Waals surface area contributed by atoms with E-state index in [1.54, 1.807) is 12.5 Å². The quantitative estimate of drug-likeness (QED) is 0.560. The highest BCUT2D eigenvalue weighted by molar-refractivity contribution is 7.98. The van der Waals surface area contributed by atoms with E-state index in [0.29, 0.717) is 0 Å². The number of alkyl halides is 3. The summed E-state index contributed by atoms with van der Waals surface area (Å²) in [7, 11) is 0. The van der Waals surface area contributed by atoms with Crippen molar-refractivity contribution in [3.63, 3.8) is 0 Å². The van der Waals surface area contributed by atoms with Gasteiger partial charge in [0, 0.05) is 18.5 Å². The molecular weight excluding hydrogens is 227 g/mol. The molecule has 0 N–H and O–H groups in total. The molecule has 2 rings (SSSR count). The zero-order valence-electron chi connectivity index (χ0n) is 7.62. The molecule has 3 nitrogen and oxygen atoms in total. The monoisotopic (exact) mass is 233 g/mol. The molecule has 0 atom stereocenters. The van der Waals surface area contributed by atoms with Crippen LogP contribution in [0.5, 0.6) is 0 Å². The van der Waals surface area contributed by atoms with Crippen molar-refractivity contribution in [3.05, 3.63) is 24.2 Å². The summed E-state index contributed by atoms with van der Waals surface area (Å²) in [5.41, 5.74) is -0.660. The Hall–Kier alpha value is -1.24. The fourth-order valence-corrected chi connectivity index (χ4v) is 1.72. The molecule has 0 aliphatic heterocycles. The minimum absolute atomic E-state index is 0.252. The number of imidazole rings is 1. The predicted octanol–water partition coefficient (Wildman–Crippen LogP) is 2.47. The van der Waals surface area contributed by atoms with E-state index in [-0.39, 0.29) is 10.8 Å². The Labute approximate surface area is 87.3 Å². The van der Waals surface area contributed by atoms with E-state index < -0.39 is 11.9 Å². The summed E-state index contributed by atoms with van der Waals surface area (Å²) in [5.74, 6) is 0. The summed E-state index contributed by atoms with van der Waals surface area (Å²) in [4.78, 5) is 7.33. The van der Waals surface area contributed by atoms with Crippen molar-refractivity contribution in [1.82, 2.24) is 14.4 Å². The number of rotatable bonds is 1. The third kappa shape index (κ3) is 1.79. The highest BCUT2D eigenvalue weighted by atomic mass is 32.2. The Bertz CT molecular complexity index is 491. The van der Waals surface area contributed by atoms with Crippen LogP contribution in [0.3, 0.4) is 0 Å². The molecule has 0 radical (unpaired) electrons. The molecule has 0 saturated heterocycles. The molecule has 2 heterocycles. The van der Waals surface area contributed by atoms with E-state index in [2.05, 4.69) is 9.97 Å². The zero-order valence-corrected chi connectivity index (χ0v) is 8.43. The molecule has 80 valence electrons. The Morgan fingerprint density at radius 3 is 2.73 bits per heavy atom. The van der Waals surface area contributed by atoms with Gasteiger partial charge in [0.25, 0.3) is 0 Å². The van der Waals surface area contributed by atoms with Gasteiger partial charge < -0.3 is 0 Å². The van der Waals surface area contributed by atoms with Crippen LogP contribution in [0.25, 0.3) is 5.65 Å². The van der Waals surface area contributed by atoms with E-state index in [1.165, 1.54) is 10.6 Å². The number of aromatic nitrogens is 3. The highest BCUT2D eigenvalue weighted by Crippen LogP contribution is 2.29. The number of thioether (sulfide) groups is 1. The lowest BCUT2D eigenvalue weighted by Crippen LogP contribution is -2.10. The van der Waals surface area contributed by atoms with Crippen molar-refractivity contribution in [2.24, 2.45) is 0 Å². The van der Waals surface area contributed by atoms with Crippen molar-refractivity contribution in [2.45, 2.75) is 11.3 Å². The first-order valence-corrected chi connectivity index (χ1v) is 5.20. The zero-order chi connectivity index (χ0) is 11.1. The van der Waals surface area contributed by atoms with Gasteiger partial charge in [0.1, 0.15) is 5.65 Å². The molecule has 2 aromatic rings. The normalized spacial score (nSPS) is 12.3. The minimum atomic E-state index is -4.43. The maximum absolute atomic E-state index is 12.4. The maximum atomic E-state index is 12.4. The van der Waals surface area contributed by atoms with Crippen molar-refractivity contribution in [3.8, 4) is 0 Å². The second-order valence-corrected chi connectivity index (χ2v) is 3.55. The molecule has 0 aromatic carbocycles. The second kappa shape index (κ2) is 3.41. The SMILES string of the molecule is CSc1nc(C(F)(F)F)cc2nccn12. The number of nitrogens with zero attached hydrogens (tertiary/aromatic N) is 3. The molecule has 2 aromatic heterocycles. The molecule has 15 heavy (non-hydrogen) atoms. The van der Waals surface area contributed by atoms with Crippen LogP contribution in [-0.2, 0) is 6.18 Å². The van der Waals surface area contributed by atoms with Gasteiger partial charge in [0.2, 0.25) is 0 Å². The van der Waals surface area contributed by atoms with Gasteiger partial charge in [-0.1, -0.05) is 11.8 Å². The summed E-state index contributed by atoms with van der Waals surface area (Å²) in [6.45, 7) is 0. The lowest BCUT2D eigenvalue weighted by atomic mass is 10.4. The first-order valence-electron chi connectivity index (χ1n) is 3.97. The van der Waals surface area contributed by atoms with Crippen LogP contribution in [0.1, 0.15) is 5.69 Å². The average Bonchev–Trinajstić information content (AvgIpc) is 2.62. The topological polar surface area (TPSA) is 30.2 Å². The molecule has 0 saturated carbocycles. The predicted molar refractivity (Wildman–Crippen MR) is 49.8 cm³/mol. The smallest absolute Gasteiger partial charge is 0.279 e. The molecule has 0 fully saturated rings. The van der Waals surface area contributed by atoms with Gasteiger partial charge in [-0.2, -0.15) is 13.2 Å². The molecule has 0 amide bonds. The van der Waals surface area contributed by atoms with E-state index in [9.17, 15) is 13.2 Å². The van der Waals surface area contributed by atoms with Crippen LogP contribution in [0.2, 0.25) is 0 Å². The Morgan fingerprint density at radius 2 is 2.13 bits per heavy atom. The molecule has 0 bridgehead atoms. The van der Waals surface area contributed by atoms with Gasteiger partial charge in [-0.3, -0.25) is 4.40 Å². The van der Waals surface area contributed by atoms with Crippen LogP contribution in [0.15, 0.2) is 23.6 Å². The number of halogens is 3. The minimum Gasteiger partial charge on any atom is -0.279 e. The van der Waals surface area contributed by atoms with E-state index in [0.717, 1.165) is 17.8 Å². The molecule has 0 spiro atoms. The first-order chi connectivity index (χ1) is 7.02. The van der Waals surface area contributed by atoms with Crippen molar-refractivity contribution in [2.75, 3.05) is 6.26 Å². The first kappa shape index (κ1) is 10.3. The lowest BCUT2D eigenvalue weighted by Gasteiger charge is -2.08. The van der Waals surface area contributed by atoms with Gasteiger partial charge in [-0.25, -0.2) is 9.97 Å². The Kier molecular flexibility index (Phi) is 2.34. The molecule has 0 aliphatic carbocycles. The second-order valence-electron chi connectivity index (χ2n) is 2.78. The molecule has 0 aliphatic rings. The Morgan fingerprint density at radius 1 is 1.40 bits per heavy atom. The molecular formula is C8H6F3N3S. The lowest BCUT2D eigenvalue weighted by molar-refractivity contribution is -0.141. The van der Waals surface area contributed by atoms with E-state index >= 15 is 0 Å². The van der Waals surface area contributed by atoms with Gasteiger partial charge in [-0.15, -0.1) is 0 Å². The van der Waals surface area contributed by atoms with Gasteiger partial charge in [0.05, 0.1) is 0 Å². The van der Waals surface area contributed by atoms with E-state index in [1.807, 2.05) is 0 Å². The van der Waals surface area contributed by atoms with Gasteiger partial charge in [0.15, 0.2) is 10.9 Å². The third-order valence-corrected chi connectivity index (χ3v) is 2.48. The Balaban J connectivity index is 2.69. The van der Waals surface area contributed by atoms with Crippen LogP contribution in [0, 0.1) is 0 Å². The van der Waals surface area contributed by atoms with Crippen LogP contribution in [0.4, 0.5) is 13.2 Å². The van der Waals surface area contributed by atoms with Crippen LogP contribution >= 0.6 is 11.8 Å². The number of fused-ring (bicyclic) bond motifs is 1. The summed E-state index contributed by atoms with van der Waals surface area (Å²) < 4.78 is 38.8. The van der Waals surface area contributed by atoms with Crippen LogP contribution < -0.4 is 0 Å². The van der Waals surface area contributed by atoms with Gasteiger partial charge >= 0.3 is 6.18 Å². The largest absolute Gasteiger partial charge is 0.433 e.